The zero-order valence-electron chi connectivity index (χ0n) is 20.4. The second-order valence-corrected chi connectivity index (χ2v) is 14.2. The molecule has 0 aromatic heterocycles. The van der Waals surface area contributed by atoms with Crippen molar-refractivity contribution in [1.29, 1.82) is 0 Å². The predicted molar refractivity (Wildman–Crippen MR) is 131 cm³/mol. The van der Waals surface area contributed by atoms with Gasteiger partial charge in [-0.15, -0.1) is 0 Å². The minimum absolute atomic E-state index is 0.300. The van der Waals surface area contributed by atoms with E-state index in [1.54, 1.807) is 23.5 Å². The van der Waals surface area contributed by atoms with Gasteiger partial charge in [-0.05, 0) is 110 Å². The molecule has 8 atom stereocenters. The maximum Gasteiger partial charge on any atom is 0.242 e. The monoisotopic (exact) mass is 457 g/mol. The van der Waals surface area contributed by atoms with Crippen LogP contribution in [-0.4, -0.2) is 26.3 Å². The molecule has 4 fully saturated rings. The molecule has 5 rings (SSSR count). The zero-order valence-corrected chi connectivity index (χ0v) is 21.2. The third-order valence-corrected chi connectivity index (χ3v) is 12.4. The fourth-order valence-electron chi connectivity index (χ4n) is 8.88. The molecule has 0 saturated heterocycles. The summed E-state index contributed by atoms with van der Waals surface area (Å²) in [5.41, 5.74) is 0.300. The van der Waals surface area contributed by atoms with Crippen molar-refractivity contribution in [1.82, 2.24) is 4.31 Å². The van der Waals surface area contributed by atoms with Gasteiger partial charge < -0.3 is 0 Å². The molecule has 4 aliphatic rings. The molecule has 3 nitrogen and oxygen atoms in total. The smallest absolute Gasteiger partial charge is 0.207 e. The van der Waals surface area contributed by atoms with Crippen molar-refractivity contribution >= 4 is 10.0 Å². The topological polar surface area (TPSA) is 37.4 Å². The molecule has 0 spiro atoms. The molecule has 0 aliphatic heterocycles. The van der Waals surface area contributed by atoms with Gasteiger partial charge in [0.25, 0.3) is 0 Å². The number of fused-ring (bicyclic) bond motifs is 5. The third kappa shape index (κ3) is 3.87. The molecular formula is C28H43NO2S. The molecule has 1 aromatic rings. The van der Waals surface area contributed by atoms with Gasteiger partial charge in [-0.25, -0.2) is 12.7 Å². The van der Waals surface area contributed by atoms with Crippen LogP contribution in [0.15, 0.2) is 35.2 Å². The lowest BCUT2D eigenvalue weighted by Gasteiger charge is -2.61. The lowest BCUT2D eigenvalue weighted by molar-refractivity contribution is -0.111. The Bertz CT molecular complexity index is 899. The van der Waals surface area contributed by atoms with Gasteiger partial charge in [0.05, 0.1) is 4.90 Å². The fourth-order valence-corrected chi connectivity index (χ4v) is 10.1. The number of nitrogens with zero attached hydrogens (tertiary/aromatic N) is 1. The van der Waals surface area contributed by atoms with Crippen molar-refractivity contribution in [3.8, 4) is 0 Å². The maximum atomic E-state index is 13.2. The first-order valence-corrected chi connectivity index (χ1v) is 14.8. The highest BCUT2D eigenvalue weighted by Gasteiger charge is 2.55. The number of sulfonamides is 1. The Morgan fingerprint density at radius 2 is 1.69 bits per heavy atom. The van der Waals surface area contributed by atoms with Crippen LogP contribution in [0.25, 0.3) is 0 Å². The van der Waals surface area contributed by atoms with Crippen LogP contribution in [0.3, 0.4) is 0 Å². The summed E-state index contributed by atoms with van der Waals surface area (Å²) < 4.78 is 28.1. The first kappa shape index (κ1) is 22.9. The van der Waals surface area contributed by atoms with E-state index >= 15 is 0 Å². The number of rotatable bonds is 4. The van der Waals surface area contributed by atoms with Crippen LogP contribution in [0.2, 0.25) is 0 Å². The molecule has 4 aliphatic carbocycles. The van der Waals surface area contributed by atoms with Crippen molar-refractivity contribution in [3.05, 3.63) is 30.3 Å². The minimum Gasteiger partial charge on any atom is -0.207 e. The first-order valence-electron chi connectivity index (χ1n) is 13.3. The van der Waals surface area contributed by atoms with E-state index in [2.05, 4.69) is 13.8 Å². The number of benzene rings is 1. The van der Waals surface area contributed by atoms with Gasteiger partial charge in [-0.2, -0.15) is 0 Å². The Morgan fingerprint density at radius 3 is 2.47 bits per heavy atom. The van der Waals surface area contributed by atoms with Crippen molar-refractivity contribution in [2.45, 2.75) is 83.0 Å². The van der Waals surface area contributed by atoms with Crippen molar-refractivity contribution in [2.24, 2.45) is 46.8 Å². The summed E-state index contributed by atoms with van der Waals surface area (Å²) in [7, 11) is -1.61. The third-order valence-electron chi connectivity index (χ3n) is 10.6. The van der Waals surface area contributed by atoms with Gasteiger partial charge in [0.15, 0.2) is 0 Å². The zero-order chi connectivity index (χ0) is 22.5. The Kier molecular flexibility index (Phi) is 6.24. The average molecular weight is 458 g/mol. The maximum absolute atomic E-state index is 13.2. The molecule has 0 heterocycles. The van der Waals surface area contributed by atoms with Crippen LogP contribution >= 0.6 is 0 Å². The summed E-state index contributed by atoms with van der Waals surface area (Å²) >= 11 is 0. The Morgan fingerprint density at radius 1 is 0.938 bits per heavy atom. The van der Waals surface area contributed by atoms with E-state index in [0.717, 1.165) is 35.5 Å². The van der Waals surface area contributed by atoms with Gasteiger partial charge in [0, 0.05) is 13.6 Å². The summed E-state index contributed by atoms with van der Waals surface area (Å²) in [5.74, 6) is 6.03. The second-order valence-electron chi connectivity index (χ2n) is 12.1. The highest BCUT2D eigenvalue weighted by atomic mass is 32.2. The largest absolute Gasteiger partial charge is 0.242 e. The molecule has 4 heteroatoms. The average Bonchev–Trinajstić information content (AvgIpc) is 2.79. The lowest BCUT2D eigenvalue weighted by atomic mass is 9.45. The van der Waals surface area contributed by atoms with Crippen LogP contribution in [0.5, 0.6) is 0 Å². The van der Waals surface area contributed by atoms with Crippen LogP contribution in [-0.2, 0) is 10.0 Å². The molecule has 0 amide bonds. The molecule has 0 unspecified atom stereocenters. The molecule has 1 aromatic carbocycles. The van der Waals surface area contributed by atoms with Crippen LogP contribution in [0.1, 0.15) is 78.1 Å². The molecule has 4 saturated carbocycles. The number of hydrogen-bond acceptors (Lipinski definition) is 2. The van der Waals surface area contributed by atoms with E-state index < -0.39 is 10.0 Å². The molecule has 32 heavy (non-hydrogen) atoms. The summed E-state index contributed by atoms with van der Waals surface area (Å²) in [6.07, 6.45) is 13.8. The lowest BCUT2D eigenvalue weighted by Crippen LogP contribution is -2.54. The Hall–Kier alpha value is -0.870. The standard InChI is InChI=1S/C28H43NO2S/c1-20-12-14-24-21(18-20)13-15-26-25(24)16-17-28(2)22(8-7-11-27(26)28)19-29(3)32(30,31)23-9-5-4-6-10-23/h4-6,9-10,20-22,24-27H,7-8,11-19H2,1-3H3/t20-,21+,22+,24-,25+,26+,27-,28+/m0/s1. The van der Waals surface area contributed by atoms with Gasteiger partial charge >= 0.3 is 0 Å². The fraction of sp³-hybridized carbons (Fsp3) is 0.786. The summed E-state index contributed by atoms with van der Waals surface area (Å²) in [5, 5.41) is 0. The summed E-state index contributed by atoms with van der Waals surface area (Å²) in [6.45, 7) is 5.67. The van der Waals surface area contributed by atoms with E-state index in [1.165, 1.54) is 64.2 Å². The Labute approximate surface area is 196 Å². The van der Waals surface area contributed by atoms with E-state index in [-0.39, 0.29) is 0 Å². The predicted octanol–water partition coefficient (Wildman–Crippen LogP) is 6.60. The quantitative estimate of drug-likeness (QED) is 0.510. The molecule has 0 bridgehead atoms. The van der Waals surface area contributed by atoms with Crippen LogP contribution in [0.4, 0.5) is 0 Å². The van der Waals surface area contributed by atoms with Gasteiger partial charge in [-0.3, -0.25) is 0 Å². The van der Waals surface area contributed by atoms with Crippen molar-refractivity contribution in [3.63, 3.8) is 0 Å². The van der Waals surface area contributed by atoms with E-state index in [1.807, 2.05) is 18.2 Å². The van der Waals surface area contributed by atoms with E-state index in [9.17, 15) is 8.42 Å². The first-order chi connectivity index (χ1) is 15.3. The minimum atomic E-state index is -3.41. The molecular weight excluding hydrogens is 414 g/mol. The van der Waals surface area contributed by atoms with E-state index in [4.69, 9.17) is 0 Å². The second kappa shape index (κ2) is 8.73. The van der Waals surface area contributed by atoms with Crippen LogP contribution in [0, 0.1) is 46.8 Å². The van der Waals surface area contributed by atoms with E-state index in [0.29, 0.717) is 22.8 Å². The highest BCUT2D eigenvalue weighted by molar-refractivity contribution is 7.89. The molecule has 0 radical (unpaired) electrons. The normalized spacial score (nSPS) is 42.1. The molecule has 0 N–H and O–H groups in total. The van der Waals surface area contributed by atoms with Gasteiger partial charge in [0.1, 0.15) is 0 Å². The van der Waals surface area contributed by atoms with Crippen molar-refractivity contribution in [2.75, 3.05) is 13.6 Å². The Balaban J connectivity index is 1.33. The number of hydrogen-bond donors (Lipinski definition) is 0. The molecule has 178 valence electrons. The SMILES string of the molecule is C[C@H]1CC[C@H]2[C@H](CC[C@@H]3[C@@H]2CC[C@]2(C)[C@@H](CN(C)S(=O)(=O)c4ccccc4)CCC[C@@H]32)C1. The van der Waals surface area contributed by atoms with Gasteiger partial charge in [0.2, 0.25) is 10.0 Å². The van der Waals surface area contributed by atoms with Crippen molar-refractivity contribution < 1.29 is 8.42 Å². The highest BCUT2D eigenvalue weighted by Crippen LogP contribution is 2.63. The summed E-state index contributed by atoms with van der Waals surface area (Å²) in [4.78, 5) is 0.425. The van der Waals surface area contributed by atoms with Crippen LogP contribution < -0.4 is 0 Å². The summed E-state index contributed by atoms with van der Waals surface area (Å²) in [6, 6.07) is 8.98. The van der Waals surface area contributed by atoms with Gasteiger partial charge in [-0.1, -0.05) is 44.9 Å².